The molecule has 0 bridgehead atoms. The van der Waals surface area contributed by atoms with Gasteiger partial charge in [-0.2, -0.15) is 0 Å². The second-order valence-electron chi connectivity index (χ2n) is 20.2. The maximum Gasteiger partial charge on any atom is -0.0146 e. The molecule has 0 heterocycles. The summed E-state index contributed by atoms with van der Waals surface area (Å²) in [6.07, 6.45) is 21.0. The molecule has 0 spiro atoms. The van der Waals surface area contributed by atoms with Gasteiger partial charge in [0.1, 0.15) is 0 Å². The number of hydrogen-bond donors (Lipinski definition) is 0. The molecule has 5 aromatic rings. The zero-order valence-electron chi connectivity index (χ0n) is 38.6. The summed E-state index contributed by atoms with van der Waals surface area (Å²) in [5, 5.41) is 2.92. The molecule has 316 valence electrons. The summed E-state index contributed by atoms with van der Waals surface area (Å²) >= 11 is 0. The lowest BCUT2D eigenvalue weighted by molar-refractivity contribution is 0.344. The van der Waals surface area contributed by atoms with Crippen LogP contribution in [0.3, 0.4) is 0 Å². The Morgan fingerprint density at radius 2 is 0.712 bits per heavy atom. The number of benzene rings is 5. The van der Waals surface area contributed by atoms with Crippen LogP contribution in [0.25, 0.3) is 10.8 Å². The first-order chi connectivity index (χ1) is 28.5. The van der Waals surface area contributed by atoms with Gasteiger partial charge in [-0.3, -0.25) is 0 Å². The molecule has 0 aliphatic heterocycles. The van der Waals surface area contributed by atoms with E-state index in [0.717, 1.165) is 47.3 Å². The Kier molecular flexibility index (Phi) is 17.0. The Bertz CT molecular complexity index is 1950. The highest BCUT2D eigenvalue weighted by Gasteiger charge is 2.24. The van der Waals surface area contributed by atoms with Crippen LogP contribution in [-0.2, 0) is 0 Å². The van der Waals surface area contributed by atoms with Gasteiger partial charge in [-0.25, -0.2) is 0 Å². The molecule has 0 amide bonds. The normalized spacial score (nSPS) is 26.6. The molecule has 4 fully saturated rings. The summed E-state index contributed by atoms with van der Waals surface area (Å²) in [5.41, 5.74) is 11.8. The summed E-state index contributed by atoms with van der Waals surface area (Å²) in [6, 6.07) is 40.9. The maximum atomic E-state index is 2.39. The monoisotopic (exact) mass is 789 g/mol. The summed E-state index contributed by atoms with van der Waals surface area (Å²) in [5.74, 6) is 7.05. The van der Waals surface area contributed by atoms with Crippen LogP contribution in [0.1, 0.15) is 192 Å². The van der Waals surface area contributed by atoms with Crippen molar-refractivity contribution in [3.8, 4) is 0 Å². The van der Waals surface area contributed by atoms with Crippen LogP contribution in [0.4, 0.5) is 0 Å². The van der Waals surface area contributed by atoms with Crippen LogP contribution in [-0.4, -0.2) is 0 Å². The predicted octanol–water partition coefficient (Wildman–Crippen LogP) is 17.9. The Labute approximate surface area is 362 Å². The molecule has 9 rings (SSSR count). The lowest BCUT2D eigenvalue weighted by Gasteiger charge is -2.27. The quantitative estimate of drug-likeness (QED) is 0.170. The molecule has 0 heteroatoms. The third-order valence-corrected chi connectivity index (χ3v) is 14.9. The minimum Gasteiger partial charge on any atom is -0.0625 e. The van der Waals surface area contributed by atoms with Gasteiger partial charge in [0.15, 0.2) is 0 Å². The van der Waals surface area contributed by atoms with Crippen molar-refractivity contribution in [3.63, 3.8) is 0 Å². The van der Waals surface area contributed by atoms with Crippen molar-refractivity contribution in [3.05, 3.63) is 154 Å². The van der Waals surface area contributed by atoms with Gasteiger partial charge in [0.2, 0.25) is 0 Å². The summed E-state index contributed by atoms with van der Waals surface area (Å²) in [7, 11) is 0. The number of aryl methyl sites for hydroxylation is 4. The molecule has 4 unspecified atom stereocenters. The highest BCUT2D eigenvalue weighted by Crippen LogP contribution is 2.40. The first-order valence-corrected chi connectivity index (χ1v) is 24.2. The third kappa shape index (κ3) is 13.4. The van der Waals surface area contributed by atoms with Crippen molar-refractivity contribution >= 4 is 10.8 Å². The molecular formula is C59H80. The Hall–Kier alpha value is -3.64. The Morgan fingerprint density at radius 3 is 1.17 bits per heavy atom. The van der Waals surface area contributed by atoms with E-state index in [2.05, 4.69) is 165 Å². The Balaban J connectivity index is 0.000000133. The van der Waals surface area contributed by atoms with Crippen LogP contribution in [0.15, 0.2) is 109 Å². The number of rotatable bonds is 4. The minimum atomic E-state index is 0.784. The van der Waals surface area contributed by atoms with Gasteiger partial charge in [0.05, 0.1) is 0 Å². The van der Waals surface area contributed by atoms with Crippen molar-refractivity contribution in [2.24, 2.45) is 23.7 Å². The lowest BCUT2D eigenvalue weighted by Crippen LogP contribution is -2.11. The first-order valence-electron chi connectivity index (χ1n) is 24.2. The van der Waals surface area contributed by atoms with Crippen molar-refractivity contribution in [1.82, 2.24) is 0 Å². The van der Waals surface area contributed by atoms with Crippen molar-refractivity contribution in [1.29, 1.82) is 0 Å². The molecule has 0 saturated heterocycles. The van der Waals surface area contributed by atoms with E-state index in [9.17, 15) is 0 Å². The fourth-order valence-corrected chi connectivity index (χ4v) is 10.8. The largest absolute Gasteiger partial charge is 0.0625 e. The zero-order valence-corrected chi connectivity index (χ0v) is 38.6. The van der Waals surface area contributed by atoms with Gasteiger partial charge < -0.3 is 0 Å². The first kappa shape index (κ1) is 44.9. The van der Waals surface area contributed by atoms with Gasteiger partial charge >= 0.3 is 0 Å². The SMILES string of the molecule is Cc1ccc(C2CCC(C)C2)cc1.Cc1ccc(C2CCC(C)CC2)c2ccccc12.Cc1ccc(C2CCC(C)CC2)cc1.Cc1ccc(C2CCCC(C)C2)cc1. The van der Waals surface area contributed by atoms with Gasteiger partial charge in [-0.05, 0) is 165 Å². The van der Waals surface area contributed by atoms with Gasteiger partial charge in [0.25, 0.3) is 0 Å². The summed E-state index contributed by atoms with van der Waals surface area (Å²) < 4.78 is 0. The van der Waals surface area contributed by atoms with E-state index in [1.807, 2.05) is 0 Å². The third-order valence-electron chi connectivity index (χ3n) is 14.9. The van der Waals surface area contributed by atoms with Gasteiger partial charge in [-0.15, -0.1) is 0 Å². The fourth-order valence-electron chi connectivity index (χ4n) is 10.8. The van der Waals surface area contributed by atoms with Crippen LogP contribution < -0.4 is 0 Å². The summed E-state index contributed by atoms with van der Waals surface area (Å²) in [6.45, 7) is 18.2. The van der Waals surface area contributed by atoms with Crippen LogP contribution in [0.2, 0.25) is 0 Å². The minimum absolute atomic E-state index is 0.784. The highest BCUT2D eigenvalue weighted by atomic mass is 14.3. The van der Waals surface area contributed by atoms with E-state index in [4.69, 9.17) is 0 Å². The zero-order chi connectivity index (χ0) is 41.7. The van der Waals surface area contributed by atoms with Crippen molar-refractivity contribution in [2.75, 3.05) is 0 Å². The predicted molar refractivity (Wildman–Crippen MR) is 259 cm³/mol. The lowest BCUT2D eigenvalue weighted by atomic mass is 9.78. The highest BCUT2D eigenvalue weighted by molar-refractivity contribution is 5.89. The molecule has 0 radical (unpaired) electrons. The smallest absolute Gasteiger partial charge is 0.0146 e. The Morgan fingerprint density at radius 1 is 0.322 bits per heavy atom. The number of fused-ring (bicyclic) bond motifs is 1. The van der Waals surface area contributed by atoms with E-state index in [1.165, 1.54) is 129 Å². The topological polar surface area (TPSA) is 0 Å². The molecule has 59 heavy (non-hydrogen) atoms. The number of hydrogen-bond acceptors (Lipinski definition) is 0. The molecule has 0 nitrogen and oxygen atoms in total. The van der Waals surface area contributed by atoms with E-state index >= 15 is 0 Å². The summed E-state index contributed by atoms with van der Waals surface area (Å²) in [4.78, 5) is 0. The van der Waals surface area contributed by atoms with Crippen LogP contribution in [0, 0.1) is 51.4 Å². The molecule has 4 atom stereocenters. The average molecular weight is 789 g/mol. The van der Waals surface area contributed by atoms with E-state index < -0.39 is 0 Å². The second-order valence-corrected chi connectivity index (χ2v) is 20.2. The average Bonchev–Trinajstić information content (AvgIpc) is 3.69. The molecule has 4 saturated carbocycles. The van der Waals surface area contributed by atoms with E-state index in [-0.39, 0.29) is 0 Å². The van der Waals surface area contributed by atoms with E-state index in [1.54, 1.807) is 22.3 Å². The van der Waals surface area contributed by atoms with Crippen LogP contribution >= 0.6 is 0 Å². The molecule has 0 N–H and O–H groups in total. The van der Waals surface area contributed by atoms with Crippen LogP contribution in [0.5, 0.6) is 0 Å². The molecular weight excluding hydrogens is 709 g/mol. The van der Waals surface area contributed by atoms with Crippen molar-refractivity contribution < 1.29 is 0 Å². The molecule has 4 aliphatic carbocycles. The second kappa shape index (κ2) is 22.3. The van der Waals surface area contributed by atoms with Gasteiger partial charge in [0, 0.05) is 0 Å². The molecule has 0 aromatic heterocycles. The molecule has 5 aromatic carbocycles. The van der Waals surface area contributed by atoms with E-state index in [0.29, 0.717) is 0 Å². The molecule has 4 aliphatic rings. The van der Waals surface area contributed by atoms with Crippen molar-refractivity contribution in [2.45, 2.75) is 175 Å². The maximum absolute atomic E-state index is 2.39. The fraction of sp³-hybridized carbons (Fsp3) is 0.525. The standard InChI is InChI=1S/C18H22.2C14H20.C13H18/c1-13-7-10-15(11-8-13)17-12-9-14(2)16-5-3-4-6-18(16)17;1-11-3-7-13(8-4-11)14-9-5-12(2)6-10-14;1-11-6-8-13(9-7-11)14-5-3-4-12(2)10-14;1-10-3-6-12(7-4-10)13-8-5-11(2)9-13/h3-6,9,12-13,15H,7-8,10-11H2,1-2H3;3-4,7-8,12,14H,5-6,9-10H2,1-2H3;6-9,12,14H,3-5,10H2,1-2H3;3-4,6-7,11,13H,5,8-9H2,1-2H3. The van der Waals surface area contributed by atoms with Gasteiger partial charge in [-0.1, -0.05) is 199 Å².